The fourth-order valence-electron chi connectivity index (χ4n) is 3.34. The summed E-state index contributed by atoms with van der Waals surface area (Å²) in [6.07, 6.45) is 1.60. The van der Waals surface area contributed by atoms with Gasteiger partial charge in [-0.15, -0.1) is 11.3 Å². The van der Waals surface area contributed by atoms with Crippen LogP contribution < -0.4 is 21.1 Å². The van der Waals surface area contributed by atoms with Crippen molar-refractivity contribution >= 4 is 45.5 Å². The standard InChI is InChI=1S/C26H29N3O3S2/c1-16(2)12-13-32-20-11-7-10-19(15-20)24(31)28-26(33)29-25-22(23(27)30)17(3)21(34-25)14-18-8-5-4-6-9-18/h4-11,15-16H,12-14H2,1-3H3,(H2,27,30)(H2,28,29,31,33). The van der Waals surface area contributed by atoms with E-state index in [4.69, 9.17) is 22.7 Å². The molecule has 4 N–H and O–H groups in total. The Balaban J connectivity index is 1.69. The zero-order valence-electron chi connectivity index (χ0n) is 19.5. The fourth-order valence-corrected chi connectivity index (χ4v) is 4.85. The number of ether oxygens (including phenoxy) is 1. The molecule has 0 bridgehead atoms. The maximum Gasteiger partial charge on any atom is 0.257 e. The molecule has 0 saturated carbocycles. The first kappa shape index (κ1) is 25.4. The summed E-state index contributed by atoms with van der Waals surface area (Å²) in [6.45, 7) is 6.71. The molecule has 1 aromatic heterocycles. The second-order valence-corrected chi connectivity index (χ2v) is 9.86. The lowest BCUT2D eigenvalue weighted by Crippen LogP contribution is -2.34. The SMILES string of the molecule is Cc1c(Cc2ccccc2)sc(NC(=S)NC(=O)c2cccc(OCCC(C)C)c2)c1C(N)=O. The van der Waals surface area contributed by atoms with Gasteiger partial charge in [-0.05, 0) is 60.8 Å². The van der Waals surface area contributed by atoms with Crippen LogP contribution in [0.25, 0.3) is 0 Å². The number of nitrogens with one attached hydrogen (secondary N) is 2. The molecule has 0 spiro atoms. The van der Waals surface area contributed by atoms with Gasteiger partial charge in [-0.2, -0.15) is 0 Å². The van der Waals surface area contributed by atoms with Gasteiger partial charge in [0.1, 0.15) is 10.8 Å². The van der Waals surface area contributed by atoms with Crippen LogP contribution in [0.5, 0.6) is 5.75 Å². The van der Waals surface area contributed by atoms with Crippen molar-refractivity contribution in [3.05, 3.63) is 81.7 Å². The molecule has 0 aliphatic heterocycles. The molecule has 2 amide bonds. The fraction of sp³-hybridized carbons (Fsp3) is 0.269. The minimum Gasteiger partial charge on any atom is -0.494 e. The number of rotatable bonds is 9. The number of anilines is 1. The highest BCUT2D eigenvalue weighted by Gasteiger charge is 2.21. The predicted octanol–water partition coefficient (Wildman–Crippen LogP) is 5.30. The van der Waals surface area contributed by atoms with E-state index in [1.54, 1.807) is 18.2 Å². The number of carbonyl (C=O) groups is 2. The third-order valence-electron chi connectivity index (χ3n) is 5.21. The molecule has 34 heavy (non-hydrogen) atoms. The molecule has 1 heterocycles. The topological polar surface area (TPSA) is 93.4 Å². The molecule has 0 fully saturated rings. The van der Waals surface area contributed by atoms with E-state index < -0.39 is 5.91 Å². The van der Waals surface area contributed by atoms with E-state index in [1.807, 2.05) is 43.3 Å². The van der Waals surface area contributed by atoms with E-state index in [2.05, 4.69) is 24.5 Å². The van der Waals surface area contributed by atoms with Crippen molar-refractivity contribution in [1.82, 2.24) is 5.32 Å². The number of thiocarbonyl (C=S) groups is 1. The Morgan fingerprint density at radius 1 is 1.12 bits per heavy atom. The Hall–Kier alpha value is -3.23. The lowest BCUT2D eigenvalue weighted by atomic mass is 10.1. The summed E-state index contributed by atoms with van der Waals surface area (Å²) in [4.78, 5) is 25.9. The molecule has 2 aromatic carbocycles. The average molecular weight is 496 g/mol. The highest BCUT2D eigenvalue weighted by atomic mass is 32.1. The number of carbonyl (C=O) groups excluding carboxylic acids is 2. The normalized spacial score (nSPS) is 10.7. The summed E-state index contributed by atoms with van der Waals surface area (Å²) in [5, 5.41) is 6.27. The summed E-state index contributed by atoms with van der Waals surface area (Å²) in [5.74, 6) is 0.248. The van der Waals surface area contributed by atoms with Crippen LogP contribution in [0.4, 0.5) is 5.00 Å². The molecule has 0 aliphatic carbocycles. The van der Waals surface area contributed by atoms with E-state index in [9.17, 15) is 9.59 Å². The molecule has 3 rings (SSSR count). The van der Waals surface area contributed by atoms with Crippen molar-refractivity contribution in [3.8, 4) is 5.75 Å². The Morgan fingerprint density at radius 2 is 1.85 bits per heavy atom. The highest BCUT2D eigenvalue weighted by Crippen LogP contribution is 2.34. The van der Waals surface area contributed by atoms with Crippen LogP contribution in [0.2, 0.25) is 0 Å². The van der Waals surface area contributed by atoms with Gasteiger partial charge in [-0.1, -0.05) is 50.2 Å². The van der Waals surface area contributed by atoms with Crippen molar-refractivity contribution in [2.75, 3.05) is 11.9 Å². The molecular formula is C26H29N3O3S2. The van der Waals surface area contributed by atoms with Gasteiger partial charge in [0.2, 0.25) is 0 Å². The minimum atomic E-state index is -0.545. The van der Waals surface area contributed by atoms with Crippen LogP contribution in [0.3, 0.4) is 0 Å². The summed E-state index contributed by atoms with van der Waals surface area (Å²) >= 11 is 6.76. The lowest BCUT2D eigenvalue weighted by Gasteiger charge is -2.11. The molecule has 8 heteroatoms. The zero-order chi connectivity index (χ0) is 24.7. The van der Waals surface area contributed by atoms with Gasteiger partial charge in [-0.3, -0.25) is 14.9 Å². The third-order valence-corrected chi connectivity index (χ3v) is 6.63. The summed E-state index contributed by atoms with van der Waals surface area (Å²) < 4.78 is 5.74. The second-order valence-electron chi connectivity index (χ2n) is 8.35. The first-order chi connectivity index (χ1) is 16.2. The van der Waals surface area contributed by atoms with Gasteiger partial charge in [-0.25, -0.2) is 0 Å². The maximum absolute atomic E-state index is 12.7. The van der Waals surface area contributed by atoms with Crippen LogP contribution in [-0.2, 0) is 6.42 Å². The van der Waals surface area contributed by atoms with Gasteiger partial charge in [0.15, 0.2) is 5.11 Å². The molecule has 0 atom stereocenters. The van der Waals surface area contributed by atoms with Crippen LogP contribution >= 0.6 is 23.6 Å². The van der Waals surface area contributed by atoms with Crippen molar-refractivity contribution in [2.24, 2.45) is 11.7 Å². The number of nitrogens with two attached hydrogens (primary N) is 1. The van der Waals surface area contributed by atoms with Crippen LogP contribution in [0.15, 0.2) is 54.6 Å². The molecule has 6 nitrogen and oxygen atoms in total. The maximum atomic E-state index is 12.7. The largest absolute Gasteiger partial charge is 0.494 e. The minimum absolute atomic E-state index is 0.0890. The smallest absolute Gasteiger partial charge is 0.257 e. The molecular weight excluding hydrogens is 466 g/mol. The predicted molar refractivity (Wildman–Crippen MR) is 142 cm³/mol. The molecule has 178 valence electrons. The van der Waals surface area contributed by atoms with Gasteiger partial charge < -0.3 is 15.8 Å². The van der Waals surface area contributed by atoms with Gasteiger partial charge in [0.25, 0.3) is 11.8 Å². The number of hydrogen-bond acceptors (Lipinski definition) is 5. The Bertz CT molecular complexity index is 1170. The third kappa shape index (κ3) is 6.88. The lowest BCUT2D eigenvalue weighted by molar-refractivity contribution is 0.0975. The first-order valence-electron chi connectivity index (χ1n) is 11.1. The van der Waals surface area contributed by atoms with Crippen LogP contribution in [0.1, 0.15) is 57.0 Å². The first-order valence-corrected chi connectivity index (χ1v) is 12.3. The van der Waals surface area contributed by atoms with E-state index >= 15 is 0 Å². The average Bonchev–Trinajstić information content (AvgIpc) is 3.08. The van der Waals surface area contributed by atoms with Gasteiger partial charge in [0.05, 0.1) is 12.2 Å². The van der Waals surface area contributed by atoms with E-state index in [1.165, 1.54) is 11.3 Å². The monoisotopic (exact) mass is 495 g/mol. The van der Waals surface area contributed by atoms with Crippen molar-refractivity contribution in [3.63, 3.8) is 0 Å². The molecule has 0 radical (unpaired) electrons. The summed E-state index contributed by atoms with van der Waals surface area (Å²) in [7, 11) is 0. The number of hydrogen-bond donors (Lipinski definition) is 3. The number of benzene rings is 2. The Labute approximate surface area is 209 Å². The number of primary amides is 1. The van der Waals surface area contributed by atoms with E-state index in [-0.39, 0.29) is 11.0 Å². The van der Waals surface area contributed by atoms with Gasteiger partial charge in [0, 0.05) is 16.9 Å². The summed E-state index contributed by atoms with van der Waals surface area (Å²) in [5.41, 5.74) is 8.39. The van der Waals surface area contributed by atoms with E-state index in [0.29, 0.717) is 40.8 Å². The van der Waals surface area contributed by atoms with Crippen molar-refractivity contribution < 1.29 is 14.3 Å². The zero-order valence-corrected chi connectivity index (χ0v) is 21.1. The highest BCUT2D eigenvalue weighted by molar-refractivity contribution is 7.80. The van der Waals surface area contributed by atoms with Crippen LogP contribution in [0, 0.1) is 12.8 Å². The quantitative estimate of drug-likeness (QED) is 0.350. The van der Waals surface area contributed by atoms with Crippen LogP contribution in [-0.4, -0.2) is 23.5 Å². The molecule has 0 saturated heterocycles. The Kier molecular flexibility index (Phi) is 8.79. The second kappa shape index (κ2) is 11.8. The molecule has 3 aromatic rings. The molecule has 0 aliphatic rings. The van der Waals surface area contributed by atoms with Crippen molar-refractivity contribution in [2.45, 2.75) is 33.6 Å². The Morgan fingerprint density at radius 3 is 2.53 bits per heavy atom. The van der Waals surface area contributed by atoms with Gasteiger partial charge >= 0.3 is 0 Å². The number of amides is 2. The summed E-state index contributed by atoms with van der Waals surface area (Å²) in [6, 6.07) is 16.9. The van der Waals surface area contributed by atoms with E-state index in [0.717, 1.165) is 22.4 Å². The molecule has 0 unspecified atom stereocenters. The number of thiophene rings is 1. The van der Waals surface area contributed by atoms with Crippen molar-refractivity contribution in [1.29, 1.82) is 0 Å².